The molecule has 23 heavy (non-hydrogen) atoms. The highest BCUT2D eigenvalue weighted by molar-refractivity contribution is 7.92. The molecule has 0 saturated carbocycles. The van der Waals surface area contributed by atoms with Gasteiger partial charge in [-0.1, -0.05) is 0 Å². The zero-order valence-electron chi connectivity index (χ0n) is 12.7. The zero-order valence-corrected chi connectivity index (χ0v) is 13.6. The van der Waals surface area contributed by atoms with Gasteiger partial charge in [-0.15, -0.1) is 0 Å². The van der Waals surface area contributed by atoms with Crippen LogP contribution < -0.4 is 4.31 Å². The van der Waals surface area contributed by atoms with Gasteiger partial charge in [-0.05, 0) is 18.2 Å². The molecule has 1 N–H and O–H groups in total. The van der Waals surface area contributed by atoms with Gasteiger partial charge in [-0.3, -0.25) is 9.21 Å². The predicted octanol–water partition coefficient (Wildman–Crippen LogP) is 0.622. The number of carbonyl (C=O) groups is 1. The van der Waals surface area contributed by atoms with E-state index in [-0.39, 0.29) is 17.8 Å². The molecule has 1 saturated heterocycles. The van der Waals surface area contributed by atoms with Crippen LogP contribution in [0.15, 0.2) is 18.2 Å². The first-order chi connectivity index (χ1) is 10.8. The quantitative estimate of drug-likeness (QED) is 0.813. The van der Waals surface area contributed by atoms with Gasteiger partial charge in [0.25, 0.3) is 0 Å². The number of carboxylic acids is 1. The van der Waals surface area contributed by atoms with Gasteiger partial charge in [-0.25, -0.2) is 17.6 Å². The Morgan fingerprint density at radius 2 is 2.04 bits per heavy atom. The third-order valence-corrected chi connectivity index (χ3v) is 4.77. The first-order valence-corrected chi connectivity index (χ1v) is 8.94. The van der Waals surface area contributed by atoms with Gasteiger partial charge in [-0.2, -0.15) is 0 Å². The second-order valence-electron chi connectivity index (χ2n) is 5.26. The molecular weight excluding hydrogens is 327 g/mol. The Morgan fingerprint density at radius 1 is 1.39 bits per heavy atom. The smallest absolute Gasteiger partial charge is 0.335 e. The molecule has 0 spiro atoms. The molecule has 0 unspecified atom stereocenters. The van der Waals surface area contributed by atoms with Gasteiger partial charge >= 0.3 is 5.97 Å². The van der Waals surface area contributed by atoms with Crippen LogP contribution in [-0.2, 0) is 14.8 Å². The van der Waals surface area contributed by atoms with Crippen molar-refractivity contribution in [2.45, 2.75) is 0 Å². The third kappa shape index (κ3) is 4.63. The lowest BCUT2D eigenvalue weighted by atomic mass is 10.2. The molecule has 1 aromatic rings. The number of aromatic carboxylic acids is 1. The minimum atomic E-state index is -3.74. The van der Waals surface area contributed by atoms with E-state index in [1.54, 1.807) is 0 Å². The minimum Gasteiger partial charge on any atom is -0.478 e. The third-order valence-electron chi connectivity index (χ3n) is 3.59. The first-order valence-electron chi connectivity index (χ1n) is 7.09. The van der Waals surface area contributed by atoms with Crippen LogP contribution in [0.2, 0.25) is 0 Å². The van der Waals surface area contributed by atoms with Crippen LogP contribution in [0.5, 0.6) is 0 Å². The fourth-order valence-electron chi connectivity index (χ4n) is 2.36. The molecule has 1 aliphatic rings. The Kier molecular flexibility index (Phi) is 5.55. The summed E-state index contributed by atoms with van der Waals surface area (Å²) in [4.78, 5) is 13.0. The summed E-state index contributed by atoms with van der Waals surface area (Å²) in [5.74, 6) is -2.02. The number of hydrogen-bond acceptors (Lipinski definition) is 5. The lowest BCUT2D eigenvalue weighted by Crippen LogP contribution is -2.43. The molecule has 0 aromatic heterocycles. The summed E-state index contributed by atoms with van der Waals surface area (Å²) in [6.45, 7) is 2.94. The van der Waals surface area contributed by atoms with Gasteiger partial charge in [0, 0.05) is 26.2 Å². The monoisotopic (exact) mass is 346 g/mol. The normalized spacial score (nSPS) is 16.3. The van der Waals surface area contributed by atoms with E-state index >= 15 is 0 Å². The molecule has 1 aromatic carbocycles. The summed E-state index contributed by atoms with van der Waals surface area (Å²) >= 11 is 0. The summed E-state index contributed by atoms with van der Waals surface area (Å²) in [6.07, 6.45) is 0.971. The maximum atomic E-state index is 14.0. The van der Waals surface area contributed by atoms with Crippen LogP contribution in [0.1, 0.15) is 10.4 Å². The maximum absolute atomic E-state index is 14.0. The van der Waals surface area contributed by atoms with Crippen molar-refractivity contribution < 1.29 is 27.4 Å². The molecule has 0 radical (unpaired) electrons. The highest BCUT2D eigenvalue weighted by Crippen LogP contribution is 2.23. The molecule has 0 amide bonds. The average molecular weight is 346 g/mol. The summed E-state index contributed by atoms with van der Waals surface area (Å²) in [5, 5.41) is 9.01. The van der Waals surface area contributed by atoms with Gasteiger partial charge < -0.3 is 9.84 Å². The Hall–Kier alpha value is -1.71. The lowest BCUT2D eigenvalue weighted by Gasteiger charge is -2.30. The second-order valence-corrected chi connectivity index (χ2v) is 7.17. The molecule has 1 heterocycles. The minimum absolute atomic E-state index is 0.0405. The Morgan fingerprint density at radius 3 is 2.61 bits per heavy atom. The summed E-state index contributed by atoms with van der Waals surface area (Å²) < 4.78 is 44.2. The maximum Gasteiger partial charge on any atom is 0.335 e. The molecule has 1 fully saturated rings. The van der Waals surface area contributed by atoms with E-state index in [9.17, 15) is 17.6 Å². The van der Waals surface area contributed by atoms with E-state index < -0.39 is 21.8 Å². The number of sulfonamides is 1. The molecule has 1 aliphatic heterocycles. The Balaban J connectivity index is 2.24. The Labute approximate surface area is 134 Å². The topological polar surface area (TPSA) is 87.2 Å². The molecule has 0 aliphatic carbocycles. The van der Waals surface area contributed by atoms with Crippen LogP contribution in [0.4, 0.5) is 10.1 Å². The van der Waals surface area contributed by atoms with Crippen molar-refractivity contribution in [3.05, 3.63) is 29.6 Å². The number of morpholine rings is 1. The van der Waals surface area contributed by atoms with Crippen molar-refractivity contribution in [3.8, 4) is 0 Å². The van der Waals surface area contributed by atoms with Crippen molar-refractivity contribution in [2.24, 2.45) is 0 Å². The highest BCUT2D eigenvalue weighted by atomic mass is 32.2. The number of nitrogens with zero attached hydrogens (tertiary/aromatic N) is 2. The highest BCUT2D eigenvalue weighted by Gasteiger charge is 2.23. The largest absolute Gasteiger partial charge is 0.478 e. The standard InChI is InChI=1S/C14H19FN2O5S/c1-23(20,21)17(5-4-16-6-8-22-9-7-16)13-10-11(14(18)19)2-3-12(13)15/h2-3,10H,4-9H2,1H3,(H,18,19). The van der Waals surface area contributed by atoms with E-state index in [0.717, 1.165) is 28.8 Å². The van der Waals surface area contributed by atoms with E-state index in [2.05, 4.69) is 0 Å². The molecule has 2 rings (SSSR count). The predicted molar refractivity (Wildman–Crippen MR) is 82.8 cm³/mol. The molecule has 128 valence electrons. The average Bonchev–Trinajstić information content (AvgIpc) is 2.48. The SMILES string of the molecule is CS(=O)(=O)N(CCN1CCOCC1)c1cc(C(=O)O)ccc1F. The number of anilines is 1. The van der Waals surface area contributed by atoms with Crippen molar-refractivity contribution in [1.82, 2.24) is 4.90 Å². The summed E-state index contributed by atoms with van der Waals surface area (Å²) in [7, 11) is -3.74. The van der Waals surface area contributed by atoms with Gasteiger partial charge in [0.15, 0.2) is 0 Å². The van der Waals surface area contributed by atoms with Gasteiger partial charge in [0.05, 0.1) is 30.7 Å². The van der Waals surface area contributed by atoms with Gasteiger partial charge in [0.2, 0.25) is 10.0 Å². The van der Waals surface area contributed by atoms with Crippen molar-refractivity contribution in [3.63, 3.8) is 0 Å². The fraction of sp³-hybridized carbons (Fsp3) is 0.500. The first kappa shape index (κ1) is 17.6. The van der Waals surface area contributed by atoms with E-state index in [4.69, 9.17) is 9.84 Å². The number of halogens is 1. The fourth-order valence-corrected chi connectivity index (χ4v) is 3.27. The van der Waals surface area contributed by atoms with Crippen LogP contribution in [0.25, 0.3) is 0 Å². The molecule has 7 nitrogen and oxygen atoms in total. The number of benzene rings is 1. The molecular formula is C14H19FN2O5S. The van der Waals surface area contributed by atoms with Crippen molar-refractivity contribution in [2.75, 3.05) is 50.0 Å². The van der Waals surface area contributed by atoms with Crippen LogP contribution in [0, 0.1) is 5.82 Å². The van der Waals surface area contributed by atoms with Crippen LogP contribution in [-0.4, -0.2) is 70.0 Å². The zero-order chi connectivity index (χ0) is 17.0. The van der Waals surface area contributed by atoms with E-state index in [1.807, 2.05) is 4.90 Å². The summed E-state index contributed by atoms with van der Waals surface area (Å²) in [6, 6.07) is 3.10. The summed E-state index contributed by atoms with van der Waals surface area (Å²) in [5.41, 5.74) is -0.415. The molecule has 0 atom stereocenters. The number of rotatable bonds is 6. The van der Waals surface area contributed by atoms with Gasteiger partial charge in [0.1, 0.15) is 5.82 Å². The molecule has 9 heteroatoms. The second kappa shape index (κ2) is 7.24. The number of carboxylic acid groups (broad SMARTS) is 1. The van der Waals surface area contributed by atoms with Crippen molar-refractivity contribution in [1.29, 1.82) is 0 Å². The molecule has 0 bridgehead atoms. The van der Waals surface area contributed by atoms with E-state index in [0.29, 0.717) is 32.8 Å². The van der Waals surface area contributed by atoms with E-state index in [1.165, 1.54) is 0 Å². The number of ether oxygens (including phenoxy) is 1. The van der Waals surface area contributed by atoms with Crippen molar-refractivity contribution >= 4 is 21.7 Å². The van der Waals surface area contributed by atoms with Crippen LogP contribution in [0.3, 0.4) is 0 Å². The van der Waals surface area contributed by atoms with Crippen LogP contribution >= 0.6 is 0 Å². The lowest BCUT2D eigenvalue weighted by molar-refractivity contribution is 0.0395. The number of hydrogen-bond donors (Lipinski definition) is 1. The Bertz CT molecular complexity index is 674.